The van der Waals surface area contributed by atoms with Gasteiger partial charge in [0.05, 0.1) is 0 Å². The van der Waals surface area contributed by atoms with Gasteiger partial charge in [0, 0.05) is 23.9 Å². The number of rotatable bonds is 4. The molecule has 0 atom stereocenters. The molecule has 0 unspecified atom stereocenters. The molecule has 4 rings (SSSR count). The molecule has 2 heterocycles. The van der Waals surface area contributed by atoms with E-state index in [4.69, 9.17) is 4.74 Å². The molecule has 1 aromatic heterocycles. The van der Waals surface area contributed by atoms with Crippen molar-refractivity contribution < 1.29 is 9.53 Å². The van der Waals surface area contributed by atoms with Gasteiger partial charge in [-0.1, -0.05) is 36.4 Å². The van der Waals surface area contributed by atoms with E-state index in [1.165, 1.54) is 11.3 Å². The Hall–Kier alpha value is -2.40. The fraction of sp³-hybridized carbons (Fsp3) is 0.263. The monoisotopic (exact) mass is 338 g/mol. The molecule has 5 heteroatoms. The number of amides is 1. The van der Waals surface area contributed by atoms with Crippen molar-refractivity contribution >= 4 is 28.0 Å². The van der Waals surface area contributed by atoms with Crippen LogP contribution in [-0.4, -0.2) is 28.9 Å². The summed E-state index contributed by atoms with van der Waals surface area (Å²) < 4.78 is 5.95. The highest BCUT2D eigenvalue weighted by Crippen LogP contribution is 2.26. The fourth-order valence-corrected chi connectivity index (χ4v) is 3.70. The van der Waals surface area contributed by atoms with E-state index < -0.39 is 0 Å². The third-order valence-electron chi connectivity index (χ3n) is 4.26. The van der Waals surface area contributed by atoms with E-state index >= 15 is 0 Å². The highest BCUT2D eigenvalue weighted by atomic mass is 32.1. The van der Waals surface area contributed by atoms with Crippen LogP contribution >= 0.6 is 11.3 Å². The van der Waals surface area contributed by atoms with Crippen molar-refractivity contribution in [1.29, 1.82) is 0 Å². The quantitative estimate of drug-likeness (QED) is 0.719. The molecule has 1 fully saturated rings. The van der Waals surface area contributed by atoms with Crippen molar-refractivity contribution in [3.63, 3.8) is 0 Å². The molecule has 1 aliphatic heterocycles. The maximum atomic E-state index is 12.3. The molecule has 0 spiro atoms. The summed E-state index contributed by atoms with van der Waals surface area (Å²) in [4.78, 5) is 18.7. The van der Waals surface area contributed by atoms with Gasteiger partial charge >= 0.3 is 0 Å². The van der Waals surface area contributed by atoms with Crippen molar-refractivity contribution in [2.45, 2.75) is 19.4 Å². The van der Waals surface area contributed by atoms with Gasteiger partial charge in [-0.3, -0.25) is 4.79 Å². The van der Waals surface area contributed by atoms with E-state index in [1.807, 2.05) is 34.5 Å². The maximum absolute atomic E-state index is 12.3. The molecule has 122 valence electrons. The van der Waals surface area contributed by atoms with Crippen LogP contribution < -0.4 is 4.74 Å². The summed E-state index contributed by atoms with van der Waals surface area (Å²) in [5.41, 5.74) is 0.540. The zero-order valence-corrected chi connectivity index (χ0v) is 14.1. The zero-order chi connectivity index (χ0) is 16.4. The second-order valence-electron chi connectivity index (χ2n) is 5.89. The van der Waals surface area contributed by atoms with Gasteiger partial charge in [0.1, 0.15) is 23.1 Å². The maximum Gasteiger partial charge on any atom is 0.273 e. The summed E-state index contributed by atoms with van der Waals surface area (Å²) >= 11 is 1.48. The molecule has 1 amide bonds. The van der Waals surface area contributed by atoms with Crippen molar-refractivity contribution in [2.75, 3.05) is 13.1 Å². The van der Waals surface area contributed by atoms with E-state index in [0.717, 1.165) is 47.5 Å². The topological polar surface area (TPSA) is 42.4 Å². The van der Waals surface area contributed by atoms with Gasteiger partial charge in [0.15, 0.2) is 0 Å². The van der Waals surface area contributed by atoms with Gasteiger partial charge in [-0.05, 0) is 24.3 Å². The molecule has 24 heavy (non-hydrogen) atoms. The van der Waals surface area contributed by atoms with E-state index in [0.29, 0.717) is 12.3 Å². The lowest BCUT2D eigenvalue weighted by atomic mass is 10.1. The lowest BCUT2D eigenvalue weighted by Gasteiger charge is -2.12. The second kappa shape index (κ2) is 6.61. The Kier molecular flexibility index (Phi) is 4.17. The predicted octanol–water partition coefficient (Wildman–Crippen LogP) is 4.11. The van der Waals surface area contributed by atoms with Crippen LogP contribution in [0.15, 0.2) is 47.8 Å². The Balaban J connectivity index is 1.47. The molecule has 4 nitrogen and oxygen atoms in total. The number of benzene rings is 2. The average molecular weight is 338 g/mol. The molecule has 1 aliphatic rings. The summed E-state index contributed by atoms with van der Waals surface area (Å²) in [5.74, 6) is 0.885. The average Bonchev–Trinajstić information content (AvgIpc) is 3.31. The molecule has 0 aliphatic carbocycles. The van der Waals surface area contributed by atoms with Crippen molar-refractivity contribution in [2.24, 2.45) is 0 Å². The SMILES string of the molecule is O=C(c1csc(COc2cccc3ccccc23)n1)N1CCCC1. The number of aromatic nitrogens is 1. The van der Waals surface area contributed by atoms with Gasteiger partial charge in [-0.25, -0.2) is 4.98 Å². The van der Waals surface area contributed by atoms with Crippen molar-refractivity contribution in [3.05, 3.63) is 58.5 Å². The standard InChI is InChI=1S/C19H18N2O2S/c22-19(21-10-3-4-11-21)16-13-24-18(20-16)12-23-17-9-5-7-14-6-1-2-8-15(14)17/h1-2,5-9,13H,3-4,10-12H2. The van der Waals surface area contributed by atoms with Crippen LogP contribution in [0.5, 0.6) is 5.75 Å². The Morgan fingerprint density at radius 2 is 1.92 bits per heavy atom. The van der Waals surface area contributed by atoms with E-state index in [9.17, 15) is 4.79 Å². The van der Waals surface area contributed by atoms with E-state index in [-0.39, 0.29) is 5.91 Å². The van der Waals surface area contributed by atoms with Crippen LogP contribution in [-0.2, 0) is 6.61 Å². The van der Waals surface area contributed by atoms with Gasteiger partial charge in [0.25, 0.3) is 5.91 Å². The number of likely N-dealkylation sites (tertiary alicyclic amines) is 1. The molecule has 0 saturated carbocycles. The minimum atomic E-state index is 0.0418. The van der Waals surface area contributed by atoms with Crippen LogP contribution in [0.3, 0.4) is 0 Å². The van der Waals surface area contributed by atoms with Crippen LogP contribution in [0.4, 0.5) is 0 Å². The van der Waals surface area contributed by atoms with E-state index in [1.54, 1.807) is 0 Å². The number of carbonyl (C=O) groups is 1. The Labute approximate surface area is 144 Å². The summed E-state index contributed by atoms with van der Waals surface area (Å²) in [7, 11) is 0. The molecule has 0 N–H and O–H groups in total. The molecule has 0 bridgehead atoms. The lowest BCUT2D eigenvalue weighted by Crippen LogP contribution is -2.27. The van der Waals surface area contributed by atoms with Crippen molar-refractivity contribution in [1.82, 2.24) is 9.88 Å². The smallest absolute Gasteiger partial charge is 0.273 e. The number of fused-ring (bicyclic) bond motifs is 1. The third-order valence-corrected chi connectivity index (χ3v) is 5.09. The minimum absolute atomic E-state index is 0.0418. The van der Waals surface area contributed by atoms with Crippen LogP contribution in [0.25, 0.3) is 10.8 Å². The molecular weight excluding hydrogens is 320 g/mol. The summed E-state index contributed by atoms with van der Waals surface area (Å²) in [6.07, 6.45) is 2.18. The number of ether oxygens (including phenoxy) is 1. The number of thiazole rings is 1. The normalized spacial score (nSPS) is 14.2. The lowest BCUT2D eigenvalue weighted by molar-refractivity contribution is 0.0787. The summed E-state index contributed by atoms with van der Waals surface area (Å²) in [6, 6.07) is 14.2. The fourth-order valence-electron chi connectivity index (χ4n) is 3.02. The van der Waals surface area contributed by atoms with E-state index in [2.05, 4.69) is 23.2 Å². The first-order valence-electron chi connectivity index (χ1n) is 8.15. The minimum Gasteiger partial charge on any atom is -0.486 e. The molecule has 3 aromatic rings. The first-order chi connectivity index (χ1) is 11.8. The van der Waals surface area contributed by atoms with Crippen LogP contribution in [0.1, 0.15) is 28.3 Å². The predicted molar refractivity (Wildman–Crippen MR) is 95.5 cm³/mol. The first kappa shape index (κ1) is 15.1. The number of carbonyl (C=O) groups excluding carboxylic acids is 1. The third kappa shape index (κ3) is 2.99. The van der Waals surface area contributed by atoms with Crippen molar-refractivity contribution in [3.8, 4) is 5.75 Å². The largest absolute Gasteiger partial charge is 0.486 e. The van der Waals surface area contributed by atoms with Gasteiger partial charge in [-0.2, -0.15) is 0 Å². The summed E-state index contributed by atoms with van der Waals surface area (Å²) in [5, 5.41) is 4.90. The zero-order valence-electron chi connectivity index (χ0n) is 13.3. The molecule has 2 aromatic carbocycles. The van der Waals surface area contributed by atoms with Crippen LogP contribution in [0, 0.1) is 0 Å². The highest BCUT2D eigenvalue weighted by Gasteiger charge is 2.21. The first-order valence-corrected chi connectivity index (χ1v) is 9.03. The molecular formula is C19H18N2O2S. The Morgan fingerprint density at radius 1 is 1.12 bits per heavy atom. The Morgan fingerprint density at radius 3 is 2.79 bits per heavy atom. The molecule has 1 saturated heterocycles. The number of hydrogen-bond acceptors (Lipinski definition) is 4. The van der Waals surface area contributed by atoms with Gasteiger partial charge in [0.2, 0.25) is 0 Å². The highest BCUT2D eigenvalue weighted by molar-refractivity contribution is 7.09. The number of hydrogen-bond donors (Lipinski definition) is 0. The van der Waals surface area contributed by atoms with Crippen LogP contribution in [0.2, 0.25) is 0 Å². The Bertz CT molecular complexity index is 863. The molecule has 0 radical (unpaired) electrons. The van der Waals surface area contributed by atoms with Gasteiger partial charge in [-0.15, -0.1) is 11.3 Å². The summed E-state index contributed by atoms with van der Waals surface area (Å²) in [6.45, 7) is 2.07. The second-order valence-corrected chi connectivity index (χ2v) is 6.83. The van der Waals surface area contributed by atoms with Gasteiger partial charge < -0.3 is 9.64 Å². The number of nitrogens with zero attached hydrogens (tertiary/aromatic N) is 2.